The molecular weight excluding hydrogens is 132 g/mol. The van der Waals surface area contributed by atoms with E-state index >= 15 is 0 Å². The van der Waals surface area contributed by atoms with Gasteiger partial charge in [-0.2, -0.15) is 0 Å². The number of thiocarbonyl (C=S) groups is 1. The van der Waals surface area contributed by atoms with Crippen LogP contribution in [0.5, 0.6) is 0 Å². The standard InChI is InChI=1S/C6H12N2S/c1-2-5-3-8(4-5)6(7)9/h5H,2-4H2,1H3,(H2,7,9). The highest BCUT2D eigenvalue weighted by molar-refractivity contribution is 7.80. The zero-order valence-electron chi connectivity index (χ0n) is 5.63. The summed E-state index contributed by atoms with van der Waals surface area (Å²) in [6.07, 6.45) is 1.25. The smallest absolute Gasteiger partial charge is 0.166 e. The molecule has 0 amide bonds. The Morgan fingerprint density at radius 2 is 2.33 bits per heavy atom. The molecule has 0 aromatic heterocycles. The Labute approximate surface area is 61.0 Å². The molecule has 1 aliphatic rings. The third-order valence-electron chi connectivity index (χ3n) is 1.85. The van der Waals surface area contributed by atoms with Gasteiger partial charge in [0, 0.05) is 13.1 Å². The van der Waals surface area contributed by atoms with E-state index in [1.165, 1.54) is 6.42 Å². The van der Waals surface area contributed by atoms with Crippen LogP contribution < -0.4 is 5.73 Å². The average Bonchev–Trinajstić information content (AvgIpc) is 1.61. The minimum atomic E-state index is 0.555. The lowest BCUT2D eigenvalue weighted by molar-refractivity contribution is 0.185. The molecule has 1 fully saturated rings. The third kappa shape index (κ3) is 1.33. The first-order valence-electron chi connectivity index (χ1n) is 3.28. The van der Waals surface area contributed by atoms with Crippen molar-refractivity contribution in [3.8, 4) is 0 Å². The zero-order valence-corrected chi connectivity index (χ0v) is 6.45. The van der Waals surface area contributed by atoms with E-state index in [4.69, 9.17) is 18.0 Å². The van der Waals surface area contributed by atoms with E-state index in [0.29, 0.717) is 5.11 Å². The van der Waals surface area contributed by atoms with Crippen LogP contribution in [0.4, 0.5) is 0 Å². The monoisotopic (exact) mass is 144 g/mol. The van der Waals surface area contributed by atoms with Gasteiger partial charge in [0.1, 0.15) is 0 Å². The fraction of sp³-hybridized carbons (Fsp3) is 0.833. The minimum absolute atomic E-state index is 0.555. The van der Waals surface area contributed by atoms with Gasteiger partial charge in [0.05, 0.1) is 0 Å². The minimum Gasteiger partial charge on any atom is -0.376 e. The first-order valence-corrected chi connectivity index (χ1v) is 3.69. The lowest BCUT2D eigenvalue weighted by Crippen LogP contribution is -2.51. The molecule has 3 heteroatoms. The molecule has 0 aromatic rings. The fourth-order valence-corrected chi connectivity index (χ4v) is 1.16. The lowest BCUT2D eigenvalue weighted by atomic mass is 9.98. The highest BCUT2D eigenvalue weighted by atomic mass is 32.1. The average molecular weight is 144 g/mol. The Morgan fingerprint density at radius 3 is 2.67 bits per heavy atom. The van der Waals surface area contributed by atoms with Crippen LogP contribution in [-0.4, -0.2) is 23.1 Å². The summed E-state index contributed by atoms with van der Waals surface area (Å²) in [6, 6.07) is 0. The SMILES string of the molecule is CCC1CN(C(N)=S)C1. The van der Waals surface area contributed by atoms with Gasteiger partial charge in [-0.1, -0.05) is 6.92 Å². The predicted octanol–water partition coefficient (Wildman–Crippen LogP) is 0.572. The molecule has 0 radical (unpaired) electrons. The van der Waals surface area contributed by atoms with Crippen LogP contribution in [0.2, 0.25) is 0 Å². The van der Waals surface area contributed by atoms with E-state index in [1.54, 1.807) is 0 Å². The van der Waals surface area contributed by atoms with Crippen LogP contribution in [-0.2, 0) is 0 Å². The molecule has 9 heavy (non-hydrogen) atoms. The van der Waals surface area contributed by atoms with Gasteiger partial charge in [0.25, 0.3) is 0 Å². The van der Waals surface area contributed by atoms with Crippen molar-refractivity contribution in [3.05, 3.63) is 0 Å². The van der Waals surface area contributed by atoms with E-state index in [0.717, 1.165) is 19.0 Å². The van der Waals surface area contributed by atoms with Crippen molar-refractivity contribution in [3.63, 3.8) is 0 Å². The van der Waals surface area contributed by atoms with Gasteiger partial charge in [-0.3, -0.25) is 0 Å². The summed E-state index contributed by atoms with van der Waals surface area (Å²) in [5.74, 6) is 0.839. The van der Waals surface area contributed by atoms with Crippen molar-refractivity contribution in [1.82, 2.24) is 4.90 Å². The van der Waals surface area contributed by atoms with Gasteiger partial charge in [0.2, 0.25) is 0 Å². The van der Waals surface area contributed by atoms with Crippen molar-refractivity contribution < 1.29 is 0 Å². The van der Waals surface area contributed by atoms with Gasteiger partial charge in [-0.15, -0.1) is 0 Å². The molecule has 2 nitrogen and oxygen atoms in total. The number of rotatable bonds is 1. The van der Waals surface area contributed by atoms with Crippen molar-refractivity contribution >= 4 is 17.3 Å². The number of hydrogen-bond acceptors (Lipinski definition) is 1. The maximum Gasteiger partial charge on any atom is 0.166 e. The van der Waals surface area contributed by atoms with Crippen LogP contribution >= 0.6 is 12.2 Å². The summed E-state index contributed by atoms with van der Waals surface area (Å²) >= 11 is 4.77. The zero-order chi connectivity index (χ0) is 6.85. The van der Waals surface area contributed by atoms with Crippen LogP contribution in [0, 0.1) is 5.92 Å². The number of nitrogens with two attached hydrogens (primary N) is 1. The molecule has 2 N–H and O–H groups in total. The summed E-state index contributed by atoms with van der Waals surface area (Å²) in [7, 11) is 0. The Morgan fingerprint density at radius 1 is 1.78 bits per heavy atom. The predicted molar refractivity (Wildman–Crippen MR) is 42.1 cm³/mol. The van der Waals surface area contributed by atoms with Crippen LogP contribution in [0.25, 0.3) is 0 Å². The summed E-state index contributed by atoms with van der Waals surface area (Å²) < 4.78 is 0. The first-order chi connectivity index (χ1) is 4.24. The molecule has 1 rings (SSSR count). The molecule has 0 aliphatic carbocycles. The molecule has 1 saturated heterocycles. The normalized spacial score (nSPS) is 19.4. The molecule has 0 saturated carbocycles. The highest BCUT2D eigenvalue weighted by Crippen LogP contribution is 2.17. The largest absolute Gasteiger partial charge is 0.376 e. The molecular formula is C6H12N2S. The van der Waals surface area contributed by atoms with Crippen molar-refractivity contribution in [2.24, 2.45) is 11.7 Å². The van der Waals surface area contributed by atoms with Crippen LogP contribution in [0.3, 0.4) is 0 Å². The molecule has 0 atom stereocenters. The maximum absolute atomic E-state index is 5.37. The topological polar surface area (TPSA) is 29.3 Å². The highest BCUT2D eigenvalue weighted by Gasteiger charge is 2.24. The Balaban J connectivity index is 2.19. The molecule has 0 spiro atoms. The lowest BCUT2D eigenvalue weighted by Gasteiger charge is -2.39. The summed E-state index contributed by atoms with van der Waals surface area (Å²) in [4.78, 5) is 2.03. The molecule has 1 heterocycles. The van der Waals surface area contributed by atoms with Gasteiger partial charge in [-0.05, 0) is 24.6 Å². The second-order valence-electron chi connectivity index (χ2n) is 2.52. The number of nitrogens with zero attached hydrogens (tertiary/aromatic N) is 1. The van der Waals surface area contributed by atoms with Crippen molar-refractivity contribution in [2.75, 3.05) is 13.1 Å². The Kier molecular flexibility index (Phi) is 1.90. The van der Waals surface area contributed by atoms with Gasteiger partial charge >= 0.3 is 0 Å². The van der Waals surface area contributed by atoms with E-state index in [-0.39, 0.29) is 0 Å². The Hall–Kier alpha value is -0.310. The quantitative estimate of drug-likeness (QED) is 0.546. The number of hydrogen-bond donors (Lipinski definition) is 1. The Bertz CT molecular complexity index is 118. The van der Waals surface area contributed by atoms with Gasteiger partial charge in [-0.25, -0.2) is 0 Å². The van der Waals surface area contributed by atoms with Crippen LogP contribution in [0.15, 0.2) is 0 Å². The third-order valence-corrected chi connectivity index (χ3v) is 2.10. The van der Waals surface area contributed by atoms with E-state index in [9.17, 15) is 0 Å². The molecule has 52 valence electrons. The van der Waals surface area contributed by atoms with E-state index < -0.39 is 0 Å². The summed E-state index contributed by atoms with van der Waals surface area (Å²) in [6.45, 7) is 4.35. The molecule has 1 aliphatic heterocycles. The summed E-state index contributed by atoms with van der Waals surface area (Å²) in [5, 5.41) is 0.555. The fourth-order valence-electron chi connectivity index (χ4n) is 1.01. The van der Waals surface area contributed by atoms with Gasteiger partial charge in [0.15, 0.2) is 5.11 Å². The molecule has 0 unspecified atom stereocenters. The maximum atomic E-state index is 5.37. The van der Waals surface area contributed by atoms with Gasteiger partial charge < -0.3 is 10.6 Å². The van der Waals surface area contributed by atoms with Crippen molar-refractivity contribution in [1.29, 1.82) is 0 Å². The first kappa shape index (κ1) is 6.81. The number of likely N-dealkylation sites (tertiary alicyclic amines) is 1. The van der Waals surface area contributed by atoms with Crippen molar-refractivity contribution in [2.45, 2.75) is 13.3 Å². The van der Waals surface area contributed by atoms with E-state index in [1.807, 2.05) is 4.90 Å². The second kappa shape index (κ2) is 2.52. The molecule has 0 bridgehead atoms. The van der Waals surface area contributed by atoms with Crippen LogP contribution in [0.1, 0.15) is 13.3 Å². The summed E-state index contributed by atoms with van der Waals surface area (Å²) in [5.41, 5.74) is 5.37. The second-order valence-corrected chi connectivity index (χ2v) is 2.94. The van der Waals surface area contributed by atoms with E-state index in [2.05, 4.69) is 6.92 Å². The molecule has 0 aromatic carbocycles.